The summed E-state index contributed by atoms with van der Waals surface area (Å²) in [5, 5.41) is 42.0. The second-order valence-corrected chi connectivity index (χ2v) is 6.82. The molecule has 0 saturated carbocycles. The monoisotopic (exact) mass is 378 g/mol. The highest BCUT2D eigenvalue weighted by Gasteiger charge is 2.15. The number of aryl methyl sites for hydroxylation is 2. The molecular weight excluding hydrogens is 348 g/mol. The van der Waals surface area contributed by atoms with Gasteiger partial charge >= 0.3 is 0 Å². The lowest BCUT2D eigenvalue weighted by Crippen LogP contribution is -2.32. The maximum atomic E-state index is 9.69. The minimum Gasteiger partial charge on any atom is -0.397 e. The zero-order valence-corrected chi connectivity index (χ0v) is 15.9. The van der Waals surface area contributed by atoms with Gasteiger partial charge < -0.3 is 31.1 Å². The average Bonchev–Trinajstić information content (AvgIpc) is 2.99. The summed E-state index contributed by atoms with van der Waals surface area (Å²) in [7, 11) is 0. The zero-order chi connectivity index (χ0) is 20.0. The normalized spacial score (nSPS) is 13.6. The standard InChI is InChI=1S/C19H30N4O4/c1-13-9-14(2)23(21-13)19-10-15(3-4-18(19)20)22(7-5-16(26)11-24)8-6-17(27)12-25/h3-4,9-10,16-17,24-27H,5-8,11-12,20H2,1-2H3. The van der Waals surface area contributed by atoms with E-state index in [0.29, 0.717) is 31.6 Å². The molecule has 0 radical (unpaired) electrons. The van der Waals surface area contributed by atoms with Crippen LogP contribution >= 0.6 is 0 Å². The molecule has 0 saturated heterocycles. The predicted octanol–water partition coefficient (Wildman–Crippen LogP) is 0.364. The Morgan fingerprint density at radius 3 is 2.11 bits per heavy atom. The van der Waals surface area contributed by atoms with E-state index >= 15 is 0 Å². The smallest absolute Gasteiger partial charge is 0.0898 e. The molecule has 0 spiro atoms. The summed E-state index contributed by atoms with van der Waals surface area (Å²) in [5.41, 5.74) is 10.2. The SMILES string of the molecule is Cc1cc(C)n(-c2cc(N(CCC(O)CO)CCC(O)CO)ccc2N)n1. The second kappa shape index (κ2) is 9.70. The molecule has 1 aromatic carbocycles. The summed E-state index contributed by atoms with van der Waals surface area (Å²) in [5.74, 6) is 0. The number of rotatable bonds is 10. The second-order valence-electron chi connectivity index (χ2n) is 6.82. The summed E-state index contributed by atoms with van der Waals surface area (Å²) in [4.78, 5) is 1.99. The molecule has 1 aromatic heterocycles. The van der Waals surface area contributed by atoms with Gasteiger partial charge in [-0.2, -0.15) is 5.10 Å². The highest BCUT2D eigenvalue weighted by Crippen LogP contribution is 2.26. The van der Waals surface area contributed by atoms with Crippen LogP contribution in [0, 0.1) is 13.8 Å². The Balaban J connectivity index is 2.30. The van der Waals surface area contributed by atoms with E-state index in [2.05, 4.69) is 5.10 Å². The van der Waals surface area contributed by atoms with E-state index < -0.39 is 12.2 Å². The Bertz CT molecular complexity index is 720. The fourth-order valence-corrected chi connectivity index (χ4v) is 2.95. The number of nitrogen functional groups attached to an aromatic ring is 1. The number of nitrogens with zero attached hydrogens (tertiary/aromatic N) is 3. The first kappa shape index (κ1) is 21.2. The van der Waals surface area contributed by atoms with Gasteiger partial charge in [0.05, 0.1) is 42.5 Å². The summed E-state index contributed by atoms with van der Waals surface area (Å²) < 4.78 is 1.79. The van der Waals surface area contributed by atoms with Crippen LogP contribution in [0.25, 0.3) is 5.69 Å². The van der Waals surface area contributed by atoms with Gasteiger partial charge in [-0.3, -0.25) is 0 Å². The fraction of sp³-hybridized carbons (Fsp3) is 0.526. The molecule has 2 unspecified atom stereocenters. The Hall–Kier alpha value is -2.13. The molecular formula is C19H30N4O4. The van der Waals surface area contributed by atoms with Crippen molar-refractivity contribution in [3.8, 4) is 5.69 Å². The molecule has 0 bridgehead atoms. The van der Waals surface area contributed by atoms with Gasteiger partial charge in [0, 0.05) is 24.5 Å². The highest BCUT2D eigenvalue weighted by molar-refractivity contribution is 5.66. The van der Waals surface area contributed by atoms with Crippen molar-refractivity contribution < 1.29 is 20.4 Å². The lowest BCUT2D eigenvalue weighted by molar-refractivity contribution is 0.0854. The van der Waals surface area contributed by atoms with E-state index in [-0.39, 0.29) is 13.2 Å². The minimum absolute atomic E-state index is 0.300. The zero-order valence-electron chi connectivity index (χ0n) is 15.9. The molecule has 0 aliphatic carbocycles. The first-order chi connectivity index (χ1) is 12.8. The molecule has 1 heterocycles. The predicted molar refractivity (Wildman–Crippen MR) is 105 cm³/mol. The van der Waals surface area contributed by atoms with E-state index in [1.54, 1.807) is 10.7 Å². The molecule has 27 heavy (non-hydrogen) atoms. The van der Waals surface area contributed by atoms with Gasteiger partial charge in [0.15, 0.2) is 0 Å². The molecule has 8 heteroatoms. The molecule has 0 amide bonds. The van der Waals surface area contributed by atoms with Gasteiger partial charge in [-0.15, -0.1) is 0 Å². The van der Waals surface area contributed by atoms with Crippen molar-refractivity contribution in [3.63, 3.8) is 0 Å². The molecule has 0 aliphatic rings. The lowest BCUT2D eigenvalue weighted by Gasteiger charge is -2.27. The summed E-state index contributed by atoms with van der Waals surface area (Å²) in [6, 6.07) is 7.57. The molecule has 6 N–H and O–H groups in total. The summed E-state index contributed by atoms with van der Waals surface area (Å²) in [6.45, 7) is 4.25. The minimum atomic E-state index is -0.806. The van der Waals surface area contributed by atoms with Crippen molar-refractivity contribution in [2.75, 3.05) is 36.9 Å². The van der Waals surface area contributed by atoms with Crippen LogP contribution in [-0.4, -0.2) is 68.7 Å². The molecule has 0 fully saturated rings. The molecule has 2 atom stereocenters. The van der Waals surface area contributed by atoms with Crippen molar-refractivity contribution in [1.29, 1.82) is 0 Å². The topological polar surface area (TPSA) is 128 Å². The van der Waals surface area contributed by atoms with E-state index in [0.717, 1.165) is 22.8 Å². The maximum Gasteiger partial charge on any atom is 0.0898 e. The number of hydrogen-bond donors (Lipinski definition) is 5. The van der Waals surface area contributed by atoms with Crippen molar-refractivity contribution in [2.24, 2.45) is 0 Å². The van der Waals surface area contributed by atoms with Crippen molar-refractivity contribution in [2.45, 2.75) is 38.9 Å². The number of aromatic nitrogens is 2. The Morgan fingerprint density at radius 1 is 1.04 bits per heavy atom. The molecule has 150 valence electrons. The number of nitrogens with two attached hydrogens (primary N) is 1. The largest absolute Gasteiger partial charge is 0.397 e. The van der Waals surface area contributed by atoms with Gasteiger partial charge in [0.25, 0.3) is 0 Å². The van der Waals surface area contributed by atoms with Crippen LogP contribution in [0.5, 0.6) is 0 Å². The third-order valence-electron chi connectivity index (χ3n) is 4.50. The quantitative estimate of drug-likeness (QED) is 0.378. The Labute approximate surface area is 159 Å². The van der Waals surface area contributed by atoms with Crippen LogP contribution in [0.4, 0.5) is 11.4 Å². The third kappa shape index (κ3) is 5.67. The summed E-state index contributed by atoms with van der Waals surface area (Å²) >= 11 is 0. The summed E-state index contributed by atoms with van der Waals surface area (Å²) in [6.07, 6.45) is -0.851. The Kier molecular flexibility index (Phi) is 7.61. The van der Waals surface area contributed by atoms with Gasteiger partial charge in [-0.1, -0.05) is 0 Å². The highest BCUT2D eigenvalue weighted by atomic mass is 16.3. The number of aliphatic hydroxyl groups is 4. The molecule has 2 rings (SSSR count). The number of anilines is 2. The molecule has 0 aliphatic heterocycles. The van der Waals surface area contributed by atoms with Crippen LogP contribution in [0.1, 0.15) is 24.2 Å². The first-order valence-corrected chi connectivity index (χ1v) is 9.11. The van der Waals surface area contributed by atoms with Crippen LogP contribution in [-0.2, 0) is 0 Å². The van der Waals surface area contributed by atoms with Crippen LogP contribution < -0.4 is 10.6 Å². The Morgan fingerprint density at radius 2 is 1.63 bits per heavy atom. The number of hydrogen-bond acceptors (Lipinski definition) is 7. The van der Waals surface area contributed by atoms with Gasteiger partial charge in [0.2, 0.25) is 0 Å². The molecule has 8 nitrogen and oxygen atoms in total. The van der Waals surface area contributed by atoms with Crippen LogP contribution in [0.2, 0.25) is 0 Å². The first-order valence-electron chi connectivity index (χ1n) is 9.11. The van der Waals surface area contributed by atoms with Crippen LogP contribution in [0.15, 0.2) is 24.3 Å². The third-order valence-corrected chi connectivity index (χ3v) is 4.50. The average molecular weight is 378 g/mol. The van der Waals surface area contributed by atoms with Gasteiger partial charge in [0.1, 0.15) is 0 Å². The molecule has 2 aromatic rings. The van der Waals surface area contributed by atoms with Crippen molar-refractivity contribution in [3.05, 3.63) is 35.7 Å². The lowest BCUT2D eigenvalue weighted by atomic mass is 10.1. The number of benzene rings is 1. The van der Waals surface area contributed by atoms with Crippen LogP contribution in [0.3, 0.4) is 0 Å². The van der Waals surface area contributed by atoms with Crippen molar-refractivity contribution in [1.82, 2.24) is 9.78 Å². The van der Waals surface area contributed by atoms with E-state index in [4.69, 9.17) is 15.9 Å². The van der Waals surface area contributed by atoms with Gasteiger partial charge in [-0.05, 0) is 51.0 Å². The van der Waals surface area contributed by atoms with E-state index in [1.807, 2.05) is 36.9 Å². The van der Waals surface area contributed by atoms with E-state index in [9.17, 15) is 10.2 Å². The van der Waals surface area contributed by atoms with E-state index in [1.165, 1.54) is 0 Å². The fourth-order valence-electron chi connectivity index (χ4n) is 2.95. The number of aliphatic hydroxyl groups excluding tert-OH is 4. The maximum absolute atomic E-state index is 9.69. The van der Waals surface area contributed by atoms with Gasteiger partial charge in [-0.25, -0.2) is 4.68 Å². The van der Waals surface area contributed by atoms with Crippen molar-refractivity contribution >= 4 is 11.4 Å².